The van der Waals surface area contributed by atoms with Crippen LogP contribution in [0.5, 0.6) is 0 Å². The molecule has 0 aliphatic heterocycles. The summed E-state index contributed by atoms with van der Waals surface area (Å²) in [5.41, 5.74) is 1.79. The standard InChI is InChI=1S/C25H32N2O5/c1-19(2)14-23(15-27(18-28)32-17-22-12-8-5-9-13-22)24(29)26-20(3)25(30)31-16-21-10-6-4-7-11-21/h4-13,18-20,23H,14-17H2,1-3H3,(H,26,29)/t20-,23+/m0/s1. The van der Waals surface area contributed by atoms with Gasteiger partial charge in [-0.2, -0.15) is 0 Å². The molecular weight excluding hydrogens is 408 g/mol. The van der Waals surface area contributed by atoms with Crippen molar-refractivity contribution in [2.75, 3.05) is 6.54 Å². The van der Waals surface area contributed by atoms with Gasteiger partial charge in [-0.25, -0.2) is 9.86 Å². The number of hydrogen-bond donors (Lipinski definition) is 1. The highest BCUT2D eigenvalue weighted by Gasteiger charge is 2.26. The van der Waals surface area contributed by atoms with Crippen LogP contribution >= 0.6 is 0 Å². The molecule has 2 aromatic rings. The summed E-state index contributed by atoms with van der Waals surface area (Å²) in [6.45, 7) is 6.02. The summed E-state index contributed by atoms with van der Waals surface area (Å²) in [5, 5.41) is 3.85. The van der Waals surface area contributed by atoms with Crippen LogP contribution in [0, 0.1) is 11.8 Å². The Morgan fingerprint density at radius 1 is 0.938 bits per heavy atom. The van der Waals surface area contributed by atoms with Gasteiger partial charge >= 0.3 is 5.97 Å². The van der Waals surface area contributed by atoms with Crippen molar-refractivity contribution < 1.29 is 24.0 Å². The van der Waals surface area contributed by atoms with Crippen molar-refractivity contribution in [1.29, 1.82) is 0 Å². The Bertz CT molecular complexity index is 842. The minimum absolute atomic E-state index is 0.0894. The number of nitrogens with one attached hydrogen (secondary N) is 1. The summed E-state index contributed by atoms with van der Waals surface area (Å²) < 4.78 is 5.30. The summed E-state index contributed by atoms with van der Waals surface area (Å²) in [4.78, 5) is 42.3. The monoisotopic (exact) mass is 440 g/mol. The lowest BCUT2D eigenvalue weighted by Gasteiger charge is -2.25. The van der Waals surface area contributed by atoms with Crippen LogP contribution in [0.3, 0.4) is 0 Å². The average molecular weight is 441 g/mol. The van der Waals surface area contributed by atoms with Crippen molar-refractivity contribution in [2.45, 2.75) is 46.4 Å². The molecule has 7 heteroatoms. The van der Waals surface area contributed by atoms with E-state index in [1.165, 1.54) is 0 Å². The Labute approximate surface area is 189 Å². The number of benzene rings is 2. The molecule has 2 rings (SSSR count). The lowest BCUT2D eigenvalue weighted by atomic mass is 9.96. The number of rotatable bonds is 13. The molecule has 0 saturated carbocycles. The third-order valence-electron chi connectivity index (χ3n) is 4.82. The third-order valence-corrected chi connectivity index (χ3v) is 4.82. The topological polar surface area (TPSA) is 84.9 Å². The SMILES string of the molecule is CC(C)C[C@H](CN(C=O)OCc1ccccc1)C(=O)N[C@@H](C)C(=O)OCc1ccccc1. The van der Waals surface area contributed by atoms with E-state index in [9.17, 15) is 14.4 Å². The molecule has 2 aromatic carbocycles. The number of esters is 1. The van der Waals surface area contributed by atoms with Gasteiger partial charge in [0.25, 0.3) is 0 Å². The Balaban J connectivity index is 1.90. The van der Waals surface area contributed by atoms with Gasteiger partial charge in [0.15, 0.2) is 0 Å². The number of amides is 2. The van der Waals surface area contributed by atoms with Crippen LogP contribution in [-0.4, -0.2) is 35.9 Å². The van der Waals surface area contributed by atoms with E-state index in [0.29, 0.717) is 12.8 Å². The molecule has 2 amide bonds. The van der Waals surface area contributed by atoms with Crippen molar-refractivity contribution in [3.63, 3.8) is 0 Å². The lowest BCUT2D eigenvalue weighted by molar-refractivity contribution is -0.182. The number of ether oxygens (including phenoxy) is 1. The number of hydrogen-bond acceptors (Lipinski definition) is 5. The molecule has 32 heavy (non-hydrogen) atoms. The molecule has 0 saturated heterocycles. The third kappa shape index (κ3) is 8.89. The maximum Gasteiger partial charge on any atom is 0.328 e. The van der Waals surface area contributed by atoms with Gasteiger partial charge in [-0.3, -0.25) is 14.4 Å². The van der Waals surface area contributed by atoms with E-state index in [-0.39, 0.29) is 31.6 Å². The normalized spacial score (nSPS) is 12.6. The molecule has 0 fully saturated rings. The van der Waals surface area contributed by atoms with Crippen LogP contribution in [0.1, 0.15) is 38.3 Å². The minimum atomic E-state index is -0.809. The van der Waals surface area contributed by atoms with Gasteiger partial charge in [0.2, 0.25) is 12.3 Å². The van der Waals surface area contributed by atoms with E-state index in [4.69, 9.17) is 9.57 Å². The quantitative estimate of drug-likeness (QED) is 0.293. The molecule has 0 aliphatic rings. The van der Waals surface area contributed by atoms with Gasteiger partial charge in [-0.1, -0.05) is 74.5 Å². The van der Waals surface area contributed by atoms with Crippen molar-refractivity contribution in [1.82, 2.24) is 10.4 Å². The largest absolute Gasteiger partial charge is 0.459 e. The zero-order valence-corrected chi connectivity index (χ0v) is 18.9. The van der Waals surface area contributed by atoms with Crippen LogP contribution in [0.25, 0.3) is 0 Å². The molecule has 0 spiro atoms. The fraction of sp³-hybridized carbons (Fsp3) is 0.400. The van der Waals surface area contributed by atoms with Crippen molar-refractivity contribution >= 4 is 18.3 Å². The van der Waals surface area contributed by atoms with Crippen LogP contribution in [0.15, 0.2) is 60.7 Å². The van der Waals surface area contributed by atoms with Gasteiger partial charge in [-0.05, 0) is 30.4 Å². The molecule has 1 N–H and O–H groups in total. The Morgan fingerprint density at radius 2 is 1.50 bits per heavy atom. The van der Waals surface area contributed by atoms with E-state index >= 15 is 0 Å². The fourth-order valence-electron chi connectivity index (χ4n) is 3.15. The van der Waals surface area contributed by atoms with E-state index in [2.05, 4.69) is 5.32 Å². The predicted molar refractivity (Wildman–Crippen MR) is 121 cm³/mol. The second-order valence-corrected chi connectivity index (χ2v) is 8.11. The summed E-state index contributed by atoms with van der Waals surface area (Å²) in [6, 6.07) is 18.0. The van der Waals surface area contributed by atoms with Gasteiger partial charge in [0.1, 0.15) is 19.3 Å². The molecule has 0 aromatic heterocycles. The highest BCUT2D eigenvalue weighted by Crippen LogP contribution is 2.15. The average Bonchev–Trinajstić information content (AvgIpc) is 2.80. The van der Waals surface area contributed by atoms with Crippen LogP contribution in [0.2, 0.25) is 0 Å². The van der Waals surface area contributed by atoms with E-state index < -0.39 is 17.9 Å². The molecule has 172 valence electrons. The first-order valence-electron chi connectivity index (χ1n) is 10.8. The van der Waals surface area contributed by atoms with Crippen LogP contribution < -0.4 is 5.32 Å². The smallest absolute Gasteiger partial charge is 0.328 e. The summed E-state index contributed by atoms with van der Waals surface area (Å²) in [6.07, 6.45) is 1.11. The van der Waals surface area contributed by atoms with E-state index in [1.54, 1.807) is 6.92 Å². The van der Waals surface area contributed by atoms with Gasteiger partial charge in [0, 0.05) is 0 Å². The maximum absolute atomic E-state index is 12.9. The maximum atomic E-state index is 12.9. The molecule has 7 nitrogen and oxygen atoms in total. The van der Waals surface area contributed by atoms with Crippen molar-refractivity contribution in [3.05, 3.63) is 71.8 Å². The molecular formula is C25H32N2O5. The van der Waals surface area contributed by atoms with Gasteiger partial charge in [0.05, 0.1) is 12.5 Å². The van der Waals surface area contributed by atoms with E-state index in [1.807, 2.05) is 74.5 Å². The fourth-order valence-corrected chi connectivity index (χ4v) is 3.15. The highest BCUT2D eigenvalue weighted by molar-refractivity contribution is 5.85. The number of carbonyl (C=O) groups is 3. The zero-order valence-electron chi connectivity index (χ0n) is 18.9. The number of hydroxylamine groups is 2. The molecule has 0 bridgehead atoms. The Hall–Kier alpha value is -3.19. The van der Waals surface area contributed by atoms with Gasteiger partial charge in [-0.15, -0.1) is 0 Å². The minimum Gasteiger partial charge on any atom is -0.459 e. The number of carbonyl (C=O) groups excluding carboxylic acids is 3. The van der Waals surface area contributed by atoms with Crippen LogP contribution in [-0.2, 0) is 37.2 Å². The second-order valence-electron chi connectivity index (χ2n) is 8.11. The Kier molecular flexibility index (Phi) is 10.4. The molecule has 2 atom stereocenters. The molecule has 0 heterocycles. The number of nitrogens with zero attached hydrogens (tertiary/aromatic N) is 1. The van der Waals surface area contributed by atoms with Crippen LogP contribution in [0.4, 0.5) is 0 Å². The first kappa shape index (κ1) is 25.1. The molecule has 0 unspecified atom stereocenters. The zero-order chi connectivity index (χ0) is 23.3. The lowest BCUT2D eigenvalue weighted by Crippen LogP contribution is -2.45. The summed E-state index contributed by atoms with van der Waals surface area (Å²) in [7, 11) is 0. The summed E-state index contributed by atoms with van der Waals surface area (Å²) in [5.74, 6) is -1.15. The predicted octanol–water partition coefficient (Wildman–Crippen LogP) is 3.49. The van der Waals surface area contributed by atoms with Crippen molar-refractivity contribution in [3.8, 4) is 0 Å². The first-order chi connectivity index (χ1) is 15.4. The van der Waals surface area contributed by atoms with Gasteiger partial charge < -0.3 is 10.1 Å². The first-order valence-corrected chi connectivity index (χ1v) is 10.8. The Morgan fingerprint density at radius 3 is 2.03 bits per heavy atom. The molecule has 0 aliphatic carbocycles. The summed E-state index contributed by atoms with van der Waals surface area (Å²) >= 11 is 0. The second kappa shape index (κ2) is 13.3. The van der Waals surface area contributed by atoms with E-state index in [0.717, 1.165) is 16.2 Å². The molecule has 0 radical (unpaired) electrons. The van der Waals surface area contributed by atoms with Crippen molar-refractivity contribution in [2.24, 2.45) is 11.8 Å². The highest BCUT2D eigenvalue weighted by atomic mass is 16.7.